The summed E-state index contributed by atoms with van der Waals surface area (Å²) in [5.41, 5.74) is 8.19. The van der Waals surface area contributed by atoms with E-state index in [-0.39, 0.29) is 11.7 Å². The maximum atomic E-state index is 12.2. The van der Waals surface area contributed by atoms with Crippen molar-refractivity contribution in [2.45, 2.75) is 52.9 Å². The highest BCUT2D eigenvalue weighted by atomic mass is 32.1. The van der Waals surface area contributed by atoms with Gasteiger partial charge in [0.25, 0.3) is 0 Å². The van der Waals surface area contributed by atoms with Crippen molar-refractivity contribution in [3.8, 4) is 0 Å². The minimum atomic E-state index is 0.0411. The SMILES string of the molecule is CCCC1CCc2c(sc(N)c2C(=O)C(C)C)C1. The van der Waals surface area contributed by atoms with E-state index >= 15 is 0 Å². The molecule has 1 aromatic heterocycles. The fourth-order valence-electron chi connectivity index (χ4n) is 2.89. The molecule has 1 unspecified atom stereocenters. The highest BCUT2D eigenvalue weighted by Gasteiger charge is 2.28. The summed E-state index contributed by atoms with van der Waals surface area (Å²) < 4.78 is 0. The smallest absolute Gasteiger partial charge is 0.168 e. The van der Waals surface area contributed by atoms with Crippen LogP contribution < -0.4 is 5.73 Å². The molecule has 2 nitrogen and oxygen atoms in total. The molecule has 0 radical (unpaired) electrons. The maximum Gasteiger partial charge on any atom is 0.168 e. The number of fused-ring (bicyclic) bond motifs is 1. The van der Waals surface area contributed by atoms with Crippen molar-refractivity contribution in [2.24, 2.45) is 11.8 Å². The van der Waals surface area contributed by atoms with Gasteiger partial charge in [-0.15, -0.1) is 11.3 Å². The van der Waals surface area contributed by atoms with Gasteiger partial charge in [-0.05, 0) is 30.7 Å². The van der Waals surface area contributed by atoms with E-state index in [1.54, 1.807) is 11.3 Å². The lowest BCUT2D eigenvalue weighted by atomic mass is 9.83. The zero-order valence-electron chi connectivity index (χ0n) is 11.6. The Hall–Kier alpha value is -0.830. The molecule has 0 aliphatic heterocycles. The number of carbonyl (C=O) groups is 1. The molecule has 100 valence electrons. The van der Waals surface area contributed by atoms with Gasteiger partial charge in [-0.3, -0.25) is 4.79 Å². The van der Waals surface area contributed by atoms with Crippen LogP contribution in [0.4, 0.5) is 5.00 Å². The third kappa shape index (κ3) is 2.46. The van der Waals surface area contributed by atoms with E-state index in [0.717, 1.165) is 29.3 Å². The standard InChI is InChI=1S/C15H23NOS/c1-4-5-10-6-7-11-12(8-10)18-15(16)13(11)14(17)9(2)3/h9-10H,4-8,16H2,1-3H3. The van der Waals surface area contributed by atoms with Crippen LogP contribution in [0.5, 0.6) is 0 Å². The average molecular weight is 265 g/mol. The molecule has 3 heteroatoms. The second-order valence-electron chi connectivity index (χ2n) is 5.66. The zero-order chi connectivity index (χ0) is 13.3. The maximum absolute atomic E-state index is 12.2. The van der Waals surface area contributed by atoms with Gasteiger partial charge < -0.3 is 5.73 Å². The zero-order valence-corrected chi connectivity index (χ0v) is 12.4. The predicted octanol–water partition coefficient (Wildman–Crippen LogP) is 4.07. The van der Waals surface area contributed by atoms with E-state index in [4.69, 9.17) is 5.73 Å². The lowest BCUT2D eigenvalue weighted by Gasteiger charge is -2.22. The van der Waals surface area contributed by atoms with Gasteiger partial charge in [0.15, 0.2) is 5.78 Å². The van der Waals surface area contributed by atoms with E-state index in [0.29, 0.717) is 0 Å². The van der Waals surface area contributed by atoms with E-state index < -0.39 is 0 Å². The summed E-state index contributed by atoms with van der Waals surface area (Å²) in [7, 11) is 0. The van der Waals surface area contributed by atoms with Gasteiger partial charge >= 0.3 is 0 Å². The second kappa shape index (κ2) is 5.43. The molecule has 0 amide bonds. The number of ketones is 1. The Balaban J connectivity index is 2.29. The van der Waals surface area contributed by atoms with Crippen LogP contribution in [-0.4, -0.2) is 5.78 Å². The van der Waals surface area contributed by atoms with Crippen molar-refractivity contribution in [2.75, 3.05) is 5.73 Å². The lowest BCUT2D eigenvalue weighted by Crippen LogP contribution is -2.16. The fraction of sp³-hybridized carbons (Fsp3) is 0.667. The van der Waals surface area contributed by atoms with Crippen LogP contribution in [0, 0.1) is 11.8 Å². The summed E-state index contributed by atoms with van der Waals surface area (Å²) in [6.45, 7) is 6.15. The lowest BCUT2D eigenvalue weighted by molar-refractivity contribution is 0.0939. The van der Waals surface area contributed by atoms with Gasteiger partial charge in [-0.1, -0.05) is 33.6 Å². The summed E-state index contributed by atoms with van der Waals surface area (Å²) in [6, 6.07) is 0. The number of hydrogen-bond donors (Lipinski definition) is 1. The van der Waals surface area contributed by atoms with Gasteiger partial charge in [0.2, 0.25) is 0 Å². The number of rotatable bonds is 4. The molecular formula is C15H23NOS. The van der Waals surface area contributed by atoms with Crippen LogP contribution in [0.25, 0.3) is 0 Å². The van der Waals surface area contributed by atoms with E-state index in [1.807, 2.05) is 13.8 Å². The summed E-state index contributed by atoms with van der Waals surface area (Å²) in [4.78, 5) is 13.6. The number of thiophene rings is 1. The molecule has 1 atom stereocenters. The molecule has 0 saturated heterocycles. The first-order valence-electron chi connectivity index (χ1n) is 6.98. The third-order valence-electron chi connectivity index (χ3n) is 3.86. The Kier molecular flexibility index (Phi) is 4.10. The Labute approximate surface area is 114 Å². The molecule has 0 fully saturated rings. The van der Waals surface area contributed by atoms with Crippen molar-refractivity contribution in [1.82, 2.24) is 0 Å². The van der Waals surface area contributed by atoms with Crippen molar-refractivity contribution in [3.63, 3.8) is 0 Å². The minimum absolute atomic E-state index is 0.0411. The van der Waals surface area contributed by atoms with Crippen LogP contribution in [0.3, 0.4) is 0 Å². The van der Waals surface area contributed by atoms with Crippen molar-refractivity contribution < 1.29 is 4.79 Å². The number of carbonyl (C=O) groups excluding carboxylic acids is 1. The Bertz CT molecular complexity index is 448. The van der Waals surface area contributed by atoms with Crippen LogP contribution >= 0.6 is 11.3 Å². The normalized spacial score (nSPS) is 19.0. The van der Waals surface area contributed by atoms with Crippen LogP contribution in [-0.2, 0) is 12.8 Å². The molecule has 1 aromatic rings. The molecule has 0 saturated carbocycles. The molecule has 2 N–H and O–H groups in total. The van der Waals surface area contributed by atoms with Crippen molar-refractivity contribution >= 4 is 22.1 Å². The summed E-state index contributed by atoms with van der Waals surface area (Å²) in [5, 5.41) is 0.746. The molecule has 1 heterocycles. The topological polar surface area (TPSA) is 43.1 Å². The largest absolute Gasteiger partial charge is 0.390 e. The van der Waals surface area contributed by atoms with Gasteiger partial charge in [0.05, 0.1) is 10.6 Å². The van der Waals surface area contributed by atoms with Gasteiger partial charge in [0, 0.05) is 10.8 Å². The van der Waals surface area contributed by atoms with Crippen molar-refractivity contribution in [1.29, 1.82) is 0 Å². The number of Topliss-reactive ketones (excluding diaryl/α,β-unsaturated/α-hetero) is 1. The van der Waals surface area contributed by atoms with Crippen LogP contribution in [0.1, 0.15) is 60.8 Å². The highest BCUT2D eigenvalue weighted by molar-refractivity contribution is 7.16. The molecule has 1 aliphatic rings. The molecular weight excluding hydrogens is 242 g/mol. The van der Waals surface area contributed by atoms with Gasteiger partial charge in [-0.2, -0.15) is 0 Å². The summed E-state index contributed by atoms with van der Waals surface area (Å²) >= 11 is 1.65. The number of nitrogen functional groups attached to an aromatic ring is 1. The number of anilines is 1. The van der Waals surface area contributed by atoms with Crippen molar-refractivity contribution in [3.05, 3.63) is 16.0 Å². The summed E-state index contributed by atoms with van der Waals surface area (Å²) in [5.74, 6) is 1.06. The number of nitrogens with two attached hydrogens (primary N) is 1. The van der Waals surface area contributed by atoms with Gasteiger partial charge in [0.1, 0.15) is 0 Å². The quantitative estimate of drug-likeness (QED) is 0.834. The predicted molar refractivity (Wildman–Crippen MR) is 78.3 cm³/mol. The Morgan fingerprint density at radius 2 is 2.22 bits per heavy atom. The van der Waals surface area contributed by atoms with Gasteiger partial charge in [-0.25, -0.2) is 0 Å². The third-order valence-corrected chi connectivity index (χ3v) is 4.95. The molecule has 1 aliphatic carbocycles. The van der Waals surface area contributed by atoms with E-state index in [2.05, 4.69) is 6.92 Å². The molecule has 0 aromatic carbocycles. The minimum Gasteiger partial charge on any atom is -0.390 e. The first kappa shape index (κ1) is 13.6. The molecule has 18 heavy (non-hydrogen) atoms. The number of hydrogen-bond acceptors (Lipinski definition) is 3. The average Bonchev–Trinajstić information content (AvgIpc) is 2.63. The Morgan fingerprint density at radius 1 is 1.50 bits per heavy atom. The highest BCUT2D eigenvalue weighted by Crippen LogP contribution is 2.40. The second-order valence-corrected chi connectivity index (χ2v) is 6.80. The molecule has 2 rings (SSSR count). The fourth-order valence-corrected chi connectivity index (χ4v) is 4.13. The summed E-state index contributed by atoms with van der Waals surface area (Å²) in [6.07, 6.45) is 5.93. The first-order chi connectivity index (χ1) is 8.54. The van der Waals surface area contributed by atoms with E-state index in [1.165, 1.54) is 29.7 Å². The molecule has 0 spiro atoms. The Morgan fingerprint density at radius 3 is 2.83 bits per heavy atom. The van der Waals surface area contributed by atoms with E-state index in [9.17, 15) is 4.79 Å². The van der Waals surface area contributed by atoms with Crippen LogP contribution in [0.2, 0.25) is 0 Å². The monoisotopic (exact) mass is 265 g/mol. The molecule has 0 bridgehead atoms. The van der Waals surface area contributed by atoms with Crippen LogP contribution in [0.15, 0.2) is 0 Å². The first-order valence-corrected chi connectivity index (χ1v) is 7.80.